The van der Waals surface area contributed by atoms with Crippen LogP contribution in [-0.2, 0) is 4.79 Å². The van der Waals surface area contributed by atoms with Gasteiger partial charge in [0.1, 0.15) is 5.78 Å². The second kappa shape index (κ2) is 5.33. The van der Waals surface area contributed by atoms with Crippen LogP contribution < -0.4 is 0 Å². The van der Waals surface area contributed by atoms with Crippen LogP contribution in [0.3, 0.4) is 0 Å². The lowest BCUT2D eigenvalue weighted by molar-refractivity contribution is -0.120. The first-order valence-electron chi connectivity index (χ1n) is 7.17. The van der Waals surface area contributed by atoms with Gasteiger partial charge in [-0.2, -0.15) is 0 Å². The Morgan fingerprint density at radius 1 is 0.750 bits per heavy atom. The first-order chi connectivity index (χ1) is 7.65. The third-order valence-electron chi connectivity index (χ3n) is 4.82. The molecule has 1 nitrogen and oxygen atoms in total. The minimum absolute atomic E-state index is 0.536. The summed E-state index contributed by atoms with van der Waals surface area (Å²) in [7, 11) is 0. The molecule has 0 aromatic rings. The molecule has 1 heteroatoms. The van der Waals surface area contributed by atoms with Crippen molar-refractivity contribution < 1.29 is 4.79 Å². The molecule has 2 aliphatic rings. The highest BCUT2D eigenvalue weighted by Gasteiger charge is 2.30. The molecule has 0 saturated heterocycles. The lowest BCUT2D eigenvalue weighted by Crippen LogP contribution is -2.22. The van der Waals surface area contributed by atoms with Gasteiger partial charge in [0.05, 0.1) is 0 Å². The van der Waals surface area contributed by atoms with E-state index in [1.54, 1.807) is 0 Å². The zero-order chi connectivity index (χ0) is 11.5. The Labute approximate surface area is 100.0 Å². The topological polar surface area (TPSA) is 17.1 Å². The SMILES string of the molecule is CC1CCC([C@@H]2CCC(C)CC(=O)C2)CC1. The average Bonchev–Trinajstić information content (AvgIpc) is 2.41. The molecule has 2 fully saturated rings. The van der Waals surface area contributed by atoms with Gasteiger partial charge >= 0.3 is 0 Å². The van der Waals surface area contributed by atoms with Crippen LogP contribution in [0.5, 0.6) is 0 Å². The van der Waals surface area contributed by atoms with Crippen molar-refractivity contribution >= 4 is 5.78 Å². The molecule has 2 atom stereocenters. The van der Waals surface area contributed by atoms with Crippen molar-refractivity contribution in [3.05, 3.63) is 0 Å². The second-order valence-electron chi connectivity index (χ2n) is 6.41. The summed E-state index contributed by atoms with van der Waals surface area (Å²) >= 11 is 0. The van der Waals surface area contributed by atoms with E-state index in [2.05, 4.69) is 13.8 Å². The van der Waals surface area contributed by atoms with Gasteiger partial charge in [-0.1, -0.05) is 33.1 Å². The number of hydrogen-bond donors (Lipinski definition) is 0. The number of carbonyl (C=O) groups excluding carboxylic acids is 1. The van der Waals surface area contributed by atoms with E-state index in [0.29, 0.717) is 11.7 Å². The minimum Gasteiger partial charge on any atom is -0.300 e. The quantitative estimate of drug-likeness (QED) is 0.607. The zero-order valence-electron chi connectivity index (χ0n) is 10.9. The number of hydrogen-bond acceptors (Lipinski definition) is 1. The molecule has 0 amide bonds. The summed E-state index contributed by atoms with van der Waals surface area (Å²) in [6, 6.07) is 0. The number of rotatable bonds is 1. The third kappa shape index (κ3) is 3.09. The van der Waals surface area contributed by atoms with Crippen LogP contribution in [0.4, 0.5) is 0 Å². The summed E-state index contributed by atoms with van der Waals surface area (Å²) < 4.78 is 0. The van der Waals surface area contributed by atoms with E-state index in [9.17, 15) is 4.79 Å². The summed E-state index contributed by atoms with van der Waals surface area (Å²) in [6.07, 6.45) is 9.88. The van der Waals surface area contributed by atoms with Crippen LogP contribution in [0.15, 0.2) is 0 Å². The monoisotopic (exact) mass is 222 g/mol. The van der Waals surface area contributed by atoms with Crippen LogP contribution in [-0.4, -0.2) is 5.78 Å². The van der Waals surface area contributed by atoms with E-state index < -0.39 is 0 Å². The molecule has 0 radical (unpaired) electrons. The molecule has 0 spiro atoms. The van der Waals surface area contributed by atoms with Gasteiger partial charge in [0, 0.05) is 12.8 Å². The van der Waals surface area contributed by atoms with E-state index in [1.165, 1.54) is 38.5 Å². The molecule has 0 heterocycles. The van der Waals surface area contributed by atoms with E-state index in [-0.39, 0.29) is 0 Å². The summed E-state index contributed by atoms with van der Waals surface area (Å²) in [5.41, 5.74) is 0. The van der Waals surface area contributed by atoms with Crippen molar-refractivity contribution in [1.82, 2.24) is 0 Å². The average molecular weight is 222 g/mol. The van der Waals surface area contributed by atoms with Crippen LogP contribution in [0.25, 0.3) is 0 Å². The summed E-state index contributed by atoms with van der Waals surface area (Å²) in [5.74, 6) is 3.70. The zero-order valence-corrected chi connectivity index (χ0v) is 10.9. The van der Waals surface area contributed by atoms with Gasteiger partial charge in [0.2, 0.25) is 0 Å². The van der Waals surface area contributed by atoms with Gasteiger partial charge in [-0.3, -0.25) is 4.79 Å². The summed E-state index contributed by atoms with van der Waals surface area (Å²) in [4.78, 5) is 11.8. The van der Waals surface area contributed by atoms with Crippen molar-refractivity contribution in [1.29, 1.82) is 0 Å². The van der Waals surface area contributed by atoms with Crippen molar-refractivity contribution in [2.75, 3.05) is 0 Å². The van der Waals surface area contributed by atoms with Crippen molar-refractivity contribution in [2.45, 2.75) is 65.2 Å². The van der Waals surface area contributed by atoms with Gasteiger partial charge in [-0.25, -0.2) is 0 Å². The minimum atomic E-state index is 0.536. The van der Waals surface area contributed by atoms with Gasteiger partial charge in [-0.05, 0) is 42.9 Å². The Morgan fingerprint density at radius 2 is 1.31 bits per heavy atom. The van der Waals surface area contributed by atoms with Crippen molar-refractivity contribution in [3.8, 4) is 0 Å². The molecular formula is C15H26O. The smallest absolute Gasteiger partial charge is 0.133 e. The molecule has 0 aromatic carbocycles. The Bertz CT molecular complexity index is 238. The Hall–Kier alpha value is -0.330. The predicted octanol–water partition coefficient (Wildman–Crippen LogP) is 4.21. The largest absolute Gasteiger partial charge is 0.300 e. The maximum atomic E-state index is 11.8. The van der Waals surface area contributed by atoms with E-state index >= 15 is 0 Å². The van der Waals surface area contributed by atoms with Gasteiger partial charge in [0.15, 0.2) is 0 Å². The highest BCUT2D eigenvalue weighted by Crippen LogP contribution is 2.39. The van der Waals surface area contributed by atoms with Crippen LogP contribution in [0, 0.1) is 23.7 Å². The fraction of sp³-hybridized carbons (Fsp3) is 0.933. The highest BCUT2D eigenvalue weighted by atomic mass is 16.1. The fourth-order valence-corrected chi connectivity index (χ4v) is 3.63. The molecule has 0 bridgehead atoms. The number of ketones is 1. The first kappa shape index (κ1) is 12.1. The Balaban J connectivity index is 1.90. The van der Waals surface area contributed by atoms with Crippen LogP contribution in [0.1, 0.15) is 65.2 Å². The van der Waals surface area contributed by atoms with Crippen molar-refractivity contribution in [3.63, 3.8) is 0 Å². The standard InChI is InChI=1S/C15H26O/c1-11-3-6-13(7-4-11)14-8-5-12(2)9-15(16)10-14/h11-14H,3-10H2,1-2H3/t11?,12?,13?,14-/m1/s1. The number of carbonyl (C=O) groups is 1. The summed E-state index contributed by atoms with van der Waals surface area (Å²) in [5, 5.41) is 0. The molecule has 0 aliphatic heterocycles. The molecule has 1 unspecified atom stereocenters. The molecule has 2 aliphatic carbocycles. The Morgan fingerprint density at radius 3 is 2.00 bits per heavy atom. The molecule has 0 aromatic heterocycles. The molecule has 2 saturated carbocycles. The van der Waals surface area contributed by atoms with E-state index in [1.807, 2.05) is 0 Å². The number of Topliss-reactive ketones (excluding diaryl/α,β-unsaturated/α-hetero) is 1. The fourth-order valence-electron chi connectivity index (χ4n) is 3.63. The van der Waals surface area contributed by atoms with Gasteiger partial charge in [-0.15, -0.1) is 0 Å². The molecule has 0 N–H and O–H groups in total. The third-order valence-corrected chi connectivity index (χ3v) is 4.82. The molecular weight excluding hydrogens is 196 g/mol. The highest BCUT2D eigenvalue weighted by molar-refractivity contribution is 5.79. The summed E-state index contributed by atoms with van der Waals surface area (Å²) in [6.45, 7) is 4.61. The Kier molecular flexibility index (Phi) is 4.05. The van der Waals surface area contributed by atoms with Gasteiger partial charge < -0.3 is 0 Å². The van der Waals surface area contributed by atoms with E-state index in [4.69, 9.17) is 0 Å². The predicted molar refractivity (Wildman–Crippen MR) is 67.3 cm³/mol. The lowest BCUT2D eigenvalue weighted by atomic mass is 9.74. The van der Waals surface area contributed by atoms with Crippen LogP contribution >= 0.6 is 0 Å². The second-order valence-corrected chi connectivity index (χ2v) is 6.41. The normalized spacial score (nSPS) is 41.8. The molecule has 2 rings (SSSR count). The maximum Gasteiger partial charge on any atom is 0.133 e. The molecule has 92 valence electrons. The van der Waals surface area contributed by atoms with Crippen molar-refractivity contribution in [2.24, 2.45) is 23.7 Å². The van der Waals surface area contributed by atoms with E-state index in [0.717, 1.165) is 30.6 Å². The lowest BCUT2D eigenvalue weighted by Gasteiger charge is -2.32. The molecule has 16 heavy (non-hydrogen) atoms. The van der Waals surface area contributed by atoms with Gasteiger partial charge in [0.25, 0.3) is 0 Å². The maximum absolute atomic E-state index is 11.8. The van der Waals surface area contributed by atoms with Crippen LogP contribution in [0.2, 0.25) is 0 Å². The first-order valence-corrected chi connectivity index (χ1v) is 7.17.